The Balaban J connectivity index is 1.70. The lowest BCUT2D eigenvalue weighted by Crippen LogP contribution is -2.34. The van der Waals surface area contributed by atoms with Crippen LogP contribution in [-0.2, 0) is 6.61 Å². The van der Waals surface area contributed by atoms with Crippen LogP contribution in [0, 0.1) is 0 Å². The van der Waals surface area contributed by atoms with E-state index in [-0.39, 0.29) is 18.6 Å². The number of hydrogen-bond acceptors (Lipinski definition) is 3. The first-order valence-electron chi connectivity index (χ1n) is 9.52. The fraction of sp³-hybridized carbons (Fsp3) is 0.409. The number of carbonyl (C=O) groups is 1. The molecule has 0 atom stereocenters. The molecule has 3 rings (SSSR count). The van der Waals surface area contributed by atoms with Gasteiger partial charge in [-0.25, -0.2) is 0 Å². The molecule has 27 heavy (non-hydrogen) atoms. The second-order valence-corrected chi connectivity index (χ2v) is 7.31. The molecule has 0 bridgehead atoms. The Kier molecular flexibility index (Phi) is 6.99. The van der Waals surface area contributed by atoms with Gasteiger partial charge in [0, 0.05) is 17.2 Å². The maximum absolute atomic E-state index is 12.7. The van der Waals surface area contributed by atoms with Gasteiger partial charge in [0.25, 0.3) is 5.91 Å². The molecule has 0 spiro atoms. The van der Waals surface area contributed by atoms with Crippen LogP contribution in [0.15, 0.2) is 42.5 Å². The van der Waals surface area contributed by atoms with Crippen LogP contribution in [0.1, 0.15) is 54.4 Å². The summed E-state index contributed by atoms with van der Waals surface area (Å²) in [5.41, 5.74) is 1.43. The van der Waals surface area contributed by atoms with Crippen LogP contribution in [-0.4, -0.2) is 19.1 Å². The summed E-state index contributed by atoms with van der Waals surface area (Å²) in [4.78, 5) is 12.7. The van der Waals surface area contributed by atoms with Crippen LogP contribution < -0.4 is 14.8 Å². The predicted octanol–water partition coefficient (Wildman–Crippen LogP) is 5.38. The number of benzene rings is 2. The molecule has 2 aromatic rings. The standard InChI is InChI=1S/C22H26ClNO3/c1-26-20-13-12-16(22(25)24-18-8-4-2-3-5-9-18)14-17(20)15-27-21-11-7-6-10-19(21)23/h6-7,10-14,18H,2-5,8-9,15H2,1H3,(H,24,25). The van der Waals surface area contributed by atoms with E-state index in [0.29, 0.717) is 22.1 Å². The Morgan fingerprint density at radius 1 is 1.07 bits per heavy atom. The van der Waals surface area contributed by atoms with Crippen molar-refractivity contribution < 1.29 is 14.3 Å². The smallest absolute Gasteiger partial charge is 0.251 e. The Morgan fingerprint density at radius 2 is 1.81 bits per heavy atom. The maximum atomic E-state index is 12.7. The summed E-state index contributed by atoms with van der Waals surface area (Å²) in [5.74, 6) is 1.26. The van der Waals surface area contributed by atoms with Gasteiger partial charge in [0.2, 0.25) is 0 Å². The average molecular weight is 388 g/mol. The number of hydrogen-bond donors (Lipinski definition) is 1. The van der Waals surface area contributed by atoms with Gasteiger partial charge in [-0.05, 0) is 43.2 Å². The van der Waals surface area contributed by atoms with Crippen molar-refractivity contribution in [2.45, 2.75) is 51.2 Å². The van der Waals surface area contributed by atoms with E-state index < -0.39 is 0 Å². The fourth-order valence-electron chi connectivity index (χ4n) is 3.44. The largest absolute Gasteiger partial charge is 0.496 e. The number of amides is 1. The van der Waals surface area contributed by atoms with Crippen molar-refractivity contribution in [2.24, 2.45) is 0 Å². The number of rotatable bonds is 6. The molecule has 1 saturated carbocycles. The van der Waals surface area contributed by atoms with Gasteiger partial charge in [-0.3, -0.25) is 4.79 Å². The molecular weight excluding hydrogens is 362 g/mol. The van der Waals surface area contributed by atoms with E-state index in [1.165, 1.54) is 25.7 Å². The fourth-order valence-corrected chi connectivity index (χ4v) is 3.63. The molecule has 1 aliphatic rings. The lowest BCUT2D eigenvalue weighted by Gasteiger charge is -2.17. The van der Waals surface area contributed by atoms with Crippen molar-refractivity contribution in [3.63, 3.8) is 0 Å². The van der Waals surface area contributed by atoms with Gasteiger partial charge in [-0.2, -0.15) is 0 Å². The van der Waals surface area contributed by atoms with Crippen LogP contribution in [0.4, 0.5) is 0 Å². The summed E-state index contributed by atoms with van der Waals surface area (Å²) in [7, 11) is 1.61. The van der Waals surface area contributed by atoms with E-state index >= 15 is 0 Å². The van der Waals surface area contributed by atoms with E-state index in [0.717, 1.165) is 18.4 Å². The van der Waals surface area contributed by atoms with Crippen LogP contribution in [0.25, 0.3) is 0 Å². The molecule has 1 aliphatic carbocycles. The summed E-state index contributed by atoms with van der Waals surface area (Å²) in [5, 5.41) is 3.74. The van der Waals surface area contributed by atoms with E-state index in [1.54, 1.807) is 19.2 Å². The predicted molar refractivity (Wildman–Crippen MR) is 108 cm³/mol. The van der Waals surface area contributed by atoms with Crippen LogP contribution in [0.5, 0.6) is 11.5 Å². The van der Waals surface area contributed by atoms with E-state index in [2.05, 4.69) is 5.32 Å². The molecule has 0 saturated heterocycles. The number of ether oxygens (including phenoxy) is 2. The minimum absolute atomic E-state index is 0.0384. The number of halogens is 1. The zero-order valence-electron chi connectivity index (χ0n) is 15.7. The summed E-state index contributed by atoms with van der Waals surface area (Å²) >= 11 is 6.15. The van der Waals surface area contributed by atoms with Crippen molar-refractivity contribution in [1.29, 1.82) is 0 Å². The van der Waals surface area contributed by atoms with E-state index in [4.69, 9.17) is 21.1 Å². The SMILES string of the molecule is COc1ccc(C(=O)NC2CCCCCC2)cc1COc1ccccc1Cl. The highest BCUT2D eigenvalue weighted by Gasteiger charge is 2.17. The molecule has 1 N–H and O–H groups in total. The first kappa shape index (κ1) is 19.6. The topological polar surface area (TPSA) is 47.6 Å². The van der Waals surface area contributed by atoms with Crippen molar-refractivity contribution in [3.8, 4) is 11.5 Å². The summed E-state index contributed by atoms with van der Waals surface area (Å²) in [6.45, 7) is 0.275. The zero-order valence-corrected chi connectivity index (χ0v) is 16.4. The molecule has 0 heterocycles. The maximum Gasteiger partial charge on any atom is 0.251 e. The van der Waals surface area contributed by atoms with Gasteiger partial charge < -0.3 is 14.8 Å². The summed E-state index contributed by atoms with van der Waals surface area (Å²) < 4.78 is 11.2. The molecule has 0 radical (unpaired) electrons. The van der Waals surface area contributed by atoms with Gasteiger partial charge in [0.15, 0.2) is 0 Å². The third-order valence-corrected chi connectivity index (χ3v) is 5.27. The Hall–Kier alpha value is -2.20. The highest BCUT2D eigenvalue weighted by Crippen LogP contribution is 2.27. The molecule has 5 heteroatoms. The monoisotopic (exact) mass is 387 g/mol. The quantitative estimate of drug-likeness (QED) is 0.677. The third kappa shape index (κ3) is 5.39. The lowest BCUT2D eigenvalue weighted by molar-refractivity contribution is 0.0933. The molecule has 4 nitrogen and oxygen atoms in total. The van der Waals surface area contributed by atoms with Crippen molar-refractivity contribution >= 4 is 17.5 Å². The molecule has 1 amide bonds. The zero-order chi connectivity index (χ0) is 19.1. The number of nitrogens with one attached hydrogen (secondary N) is 1. The van der Waals surface area contributed by atoms with Crippen LogP contribution in [0.3, 0.4) is 0 Å². The van der Waals surface area contributed by atoms with Crippen molar-refractivity contribution in [1.82, 2.24) is 5.32 Å². The Morgan fingerprint density at radius 3 is 2.52 bits per heavy atom. The normalized spacial score (nSPS) is 15.0. The molecule has 0 aromatic heterocycles. The third-order valence-electron chi connectivity index (χ3n) is 4.95. The first-order valence-corrected chi connectivity index (χ1v) is 9.90. The second-order valence-electron chi connectivity index (χ2n) is 6.91. The minimum atomic E-state index is -0.0384. The highest BCUT2D eigenvalue weighted by atomic mass is 35.5. The molecular formula is C22H26ClNO3. The lowest BCUT2D eigenvalue weighted by atomic mass is 10.1. The van der Waals surface area contributed by atoms with Crippen LogP contribution in [0.2, 0.25) is 5.02 Å². The Labute approximate surface area is 165 Å². The van der Waals surface area contributed by atoms with Crippen molar-refractivity contribution in [2.75, 3.05) is 7.11 Å². The molecule has 144 valence electrons. The van der Waals surface area contributed by atoms with Gasteiger partial charge >= 0.3 is 0 Å². The van der Waals surface area contributed by atoms with Gasteiger partial charge in [-0.15, -0.1) is 0 Å². The minimum Gasteiger partial charge on any atom is -0.496 e. The first-order chi connectivity index (χ1) is 13.2. The van der Waals surface area contributed by atoms with Gasteiger partial charge in [0.05, 0.1) is 12.1 Å². The Bertz CT molecular complexity index is 770. The molecule has 2 aromatic carbocycles. The molecule has 1 fully saturated rings. The average Bonchev–Trinajstić information content (AvgIpc) is 2.95. The number of para-hydroxylation sites is 1. The molecule has 0 aliphatic heterocycles. The van der Waals surface area contributed by atoms with E-state index in [9.17, 15) is 4.79 Å². The summed E-state index contributed by atoms with van der Waals surface area (Å²) in [6, 6.07) is 13.0. The highest BCUT2D eigenvalue weighted by molar-refractivity contribution is 6.32. The van der Waals surface area contributed by atoms with Crippen LogP contribution >= 0.6 is 11.6 Å². The number of carbonyl (C=O) groups excluding carboxylic acids is 1. The van der Waals surface area contributed by atoms with E-state index in [1.807, 2.05) is 30.3 Å². The number of methoxy groups -OCH3 is 1. The van der Waals surface area contributed by atoms with Crippen molar-refractivity contribution in [3.05, 3.63) is 58.6 Å². The van der Waals surface area contributed by atoms with Gasteiger partial charge in [-0.1, -0.05) is 49.4 Å². The molecule has 0 unspecified atom stereocenters. The van der Waals surface area contributed by atoms with Gasteiger partial charge in [0.1, 0.15) is 18.1 Å². The summed E-state index contributed by atoms with van der Waals surface area (Å²) in [6.07, 6.45) is 7.01. The second kappa shape index (κ2) is 9.65.